The van der Waals surface area contributed by atoms with Crippen LogP contribution in [0.3, 0.4) is 0 Å². The fourth-order valence-corrected chi connectivity index (χ4v) is 2.98. The molecular formula is C18H23N5O2. The molecule has 0 aliphatic carbocycles. The first-order chi connectivity index (χ1) is 12.1. The second-order valence-electron chi connectivity index (χ2n) is 6.47. The first-order valence-electron chi connectivity index (χ1n) is 8.64. The van der Waals surface area contributed by atoms with Crippen molar-refractivity contribution < 1.29 is 9.59 Å². The van der Waals surface area contributed by atoms with Gasteiger partial charge in [0.15, 0.2) is 5.82 Å². The summed E-state index contributed by atoms with van der Waals surface area (Å²) in [4.78, 5) is 33.6. The van der Waals surface area contributed by atoms with Crippen molar-refractivity contribution in [3.8, 4) is 0 Å². The minimum absolute atomic E-state index is 0.0230. The van der Waals surface area contributed by atoms with Crippen molar-refractivity contribution in [2.75, 3.05) is 0 Å². The van der Waals surface area contributed by atoms with E-state index >= 15 is 0 Å². The zero-order valence-electron chi connectivity index (χ0n) is 14.6. The number of pyridine rings is 1. The number of carbonyl (C=O) groups is 2. The third-order valence-electron chi connectivity index (χ3n) is 4.11. The maximum absolute atomic E-state index is 12.6. The number of hydrogen-bond acceptors (Lipinski definition) is 4. The zero-order chi connectivity index (χ0) is 17.8. The standard InChI is InChI=1S/C18H23N5O2/c1-12(2)21-17(24)15-14-8-4-6-10-23(14)16(22-15)18(25)20-11-13-7-3-5-9-19-13/h3,5,7,9,12H,4,6,8,10-11H2,1-2H3,(H,20,25)(H,21,24). The Bertz CT molecular complexity index is 767. The lowest BCUT2D eigenvalue weighted by Crippen LogP contribution is -2.31. The summed E-state index contributed by atoms with van der Waals surface area (Å²) < 4.78 is 1.88. The van der Waals surface area contributed by atoms with E-state index < -0.39 is 0 Å². The number of amides is 2. The van der Waals surface area contributed by atoms with Crippen LogP contribution in [0, 0.1) is 0 Å². The van der Waals surface area contributed by atoms with Gasteiger partial charge in [0.2, 0.25) is 0 Å². The van der Waals surface area contributed by atoms with Crippen molar-refractivity contribution in [2.24, 2.45) is 0 Å². The molecule has 2 aromatic heterocycles. The van der Waals surface area contributed by atoms with E-state index in [2.05, 4.69) is 20.6 Å². The van der Waals surface area contributed by atoms with Crippen LogP contribution in [0.5, 0.6) is 0 Å². The lowest BCUT2D eigenvalue weighted by molar-refractivity contribution is 0.0934. The smallest absolute Gasteiger partial charge is 0.287 e. The molecule has 2 amide bonds. The summed E-state index contributed by atoms with van der Waals surface area (Å²) in [5, 5.41) is 5.70. The van der Waals surface area contributed by atoms with E-state index in [1.54, 1.807) is 6.20 Å². The fourth-order valence-electron chi connectivity index (χ4n) is 2.98. The molecule has 0 spiro atoms. The van der Waals surface area contributed by atoms with Gasteiger partial charge in [-0.3, -0.25) is 14.6 Å². The number of rotatable bonds is 5. The van der Waals surface area contributed by atoms with E-state index in [4.69, 9.17) is 0 Å². The molecule has 0 radical (unpaired) electrons. The number of aromatic nitrogens is 3. The third kappa shape index (κ3) is 3.87. The summed E-state index contributed by atoms with van der Waals surface area (Å²) in [5.41, 5.74) is 2.00. The zero-order valence-corrected chi connectivity index (χ0v) is 14.6. The molecule has 0 aromatic carbocycles. The molecule has 25 heavy (non-hydrogen) atoms. The number of imidazole rings is 1. The molecule has 132 valence electrons. The van der Waals surface area contributed by atoms with E-state index in [1.165, 1.54) is 0 Å². The first kappa shape index (κ1) is 17.1. The van der Waals surface area contributed by atoms with Crippen LogP contribution in [0.2, 0.25) is 0 Å². The average Bonchev–Trinajstić information content (AvgIpc) is 3.00. The number of hydrogen-bond donors (Lipinski definition) is 2. The molecule has 1 aliphatic rings. The van der Waals surface area contributed by atoms with Gasteiger partial charge in [0.05, 0.1) is 17.9 Å². The Kier molecular flexibility index (Phi) is 5.11. The predicted octanol–water partition coefficient (Wildman–Crippen LogP) is 1.68. The van der Waals surface area contributed by atoms with Crippen molar-refractivity contribution in [2.45, 2.75) is 52.2 Å². The lowest BCUT2D eigenvalue weighted by Gasteiger charge is -2.17. The molecule has 0 saturated carbocycles. The van der Waals surface area contributed by atoms with Gasteiger partial charge in [-0.1, -0.05) is 6.07 Å². The number of nitrogens with zero attached hydrogens (tertiary/aromatic N) is 3. The van der Waals surface area contributed by atoms with Crippen LogP contribution in [-0.4, -0.2) is 32.4 Å². The Morgan fingerprint density at radius 1 is 1.24 bits per heavy atom. The van der Waals surface area contributed by atoms with Gasteiger partial charge in [-0.25, -0.2) is 4.98 Å². The molecule has 7 nitrogen and oxygen atoms in total. The highest BCUT2D eigenvalue weighted by atomic mass is 16.2. The van der Waals surface area contributed by atoms with Gasteiger partial charge in [-0.15, -0.1) is 0 Å². The quantitative estimate of drug-likeness (QED) is 0.866. The summed E-state index contributed by atoms with van der Waals surface area (Å²) in [6, 6.07) is 5.58. The second-order valence-corrected chi connectivity index (χ2v) is 6.47. The molecule has 0 bridgehead atoms. The number of fused-ring (bicyclic) bond motifs is 1. The maximum atomic E-state index is 12.6. The van der Waals surface area contributed by atoms with Crippen molar-refractivity contribution in [1.82, 2.24) is 25.2 Å². The molecular weight excluding hydrogens is 318 g/mol. The lowest BCUT2D eigenvalue weighted by atomic mass is 10.1. The van der Waals surface area contributed by atoms with E-state index in [-0.39, 0.29) is 17.9 Å². The van der Waals surface area contributed by atoms with Crippen LogP contribution in [0.25, 0.3) is 0 Å². The van der Waals surface area contributed by atoms with Crippen molar-refractivity contribution in [3.63, 3.8) is 0 Å². The minimum atomic E-state index is -0.280. The normalized spacial score (nSPS) is 13.4. The predicted molar refractivity (Wildman–Crippen MR) is 93.2 cm³/mol. The van der Waals surface area contributed by atoms with Gasteiger partial charge in [0, 0.05) is 18.8 Å². The van der Waals surface area contributed by atoms with Crippen LogP contribution in [0.4, 0.5) is 0 Å². The Hall–Kier alpha value is -2.70. The van der Waals surface area contributed by atoms with Gasteiger partial charge in [-0.2, -0.15) is 0 Å². The van der Waals surface area contributed by atoms with Crippen molar-refractivity contribution in [1.29, 1.82) is 0 Å². The molecule has 0 unspecified atom stereocenters. The van der Waals surface area contributed by atoms with Gasteiger partial charge in [0.1, 0.15) is 5.69 Å². The molecule has 1 aliphatic heterocycles. The van der Waals surface area contributed by atoms with Crippen LogP contribution in [0.15, 0.2) is 24.4 Å². The Morgan fingerprint density at radius 2 is 2.08 bits per heavy atom. The number of nitrogens with one attached hydrogen (secondary N) is 2. The summed E-state index contributed by atoms with van der Waals surface area (Å²) in [6.45, 7) is 4.85. The van der Waals surface area contributed by atoms with E-state index in [1.807, 2.05) is 36.6 Å². The topological polar surface area (TPSA) is 88.9 Å². The highest BCUT2D eigenvalue weighted by Crippen LogP contribution is 2.21. The van der Waals surface area contributed by atoms with Crippen LogP contribution < -0.4 is 10.6 Å². The molecule has 0 saturated heterocycles. The first-order valence-corrected chi connectivity index (χ1v) is 8.64. The Morgan fingerprint density at radius 3 is 2.80 bits per heavy atom. The van der Waals surface area contributed by atoms with Crippen LogP contribution in [0.1, 0.15) is 59.2 Å². The Balaban J connectivity index is 1.81. The SMILES string of the molecule is CC(C)NC(=O)c1nc(C(=O)NCc2ccccn2)n2c1CCCC2. The second kappa shape index (κ2) is 7.46. The molecule has 2 aromatic rings. The van der Waals surface area contributed by atoms with Crippen LogP contribution >= 0.6 is 0 Å². The maximum Gasteiger partial charge on any atom is 0.287 e. The number of carbonyl (C=O) groups excluding carboxylic acids is 2. The molecule has 3 heterocycles. The highest BCUT2D eigenvalue weighted by molar-refractivity contribution is 5.97. The summed E-state index contributed by atoms with van der Waals surface area (Å²) in [6.07, 6.45) is 4.44. The summed E-state index contributed by atoms with van der Waals surface area (Å²) in [5.74, 6) is -0.193. The fraction of sp³-hybridized carbons (Fsp3) is 0.444. The van der Waals surface area contributed by atoms with Crippen molar-refractivity contribution >= 4 is 11.8 Å². The molecule has 2 N–H and O–H groups in total. The van der Waals surface area contributed by atoms with Gasteiger partial charge in [-0.05, 0) is 45.2 Å². The highest BCUT2D eigenvalue weighted by Gasteiger charge is 2.27. The Labute approximate surface area is 146 Å². The van der Waals surface area contributed by atoms with E-state index in [9.17, 15) is 9.59 Å². The van der Waals surface area contributed by atoms with Gasteiger partial charge < -0.3 is 15.2 Å². The average molecular weight is 341 g/mol. The van der Waals surface area contributed by atoms with Gasteiger partial charge in [0.25, 0.3) is 11.8 Å². The minimum Gasteiger partial charge on any atom is -0.348 e. The third-order valence-corrected chi connectivity index (χ3v) is 4.11. The summed E-state index contributed by atoms with van der Waals surface area (Å²) >= 11 is 0. The summed E-state index contributed by atoms with van der Waals surface area (Å²) in [7, 11) is 0. The molecule has 7 heteroatoms. The molecule has 0 atom stereocenters. The molecule has 3 rings (SSSR count). The van der Waals surface area contributed by atoms with E-state index in [0.29, 0.717) is 24.6 Å². The van der Waals surface area contributed by atoms with Crippen LogP contribution in [-0.2, 0) is 19.5 Å². The molecule has 0 fully saturated rings. The van der Waals surface area contributed by atoms with Crippen molar-refractivity contribution in [3.05, 3.63) is 47.3 Å². The largest absolute Gasteiger partial charge is 0.348 e. The monoisotopic (exact) mass is 341 g/mol. The van der Waals surface area contributed by atoms with Gasteiger partial charge >= 0.3 is 0 Å². The van der Waals surface area contributed by atoms with E-state index in [0.717, 1.165) is 30.7 Å².